The first-order chi connectivity index (χ1) is 9.99. The van der Waals surface area contributed by atoms with Crippen LogP contribution in [0.1, 0.15) is 50.9 Å². The Kier molecular flexibility index (Phi) is 4.10. The molecule has 3 rings (SSSR count). The number of nitrogens with one attached hydrogen (secondary N) is 1. The number of aromatic nitrogens is 2. The van der Waals surface area contributed by atoms with Gasteiger partial charge in [0.25, 0.3) is 0 Å². The number of hydrogen-bond acceptors (Lipinski definition) is 3. The molecule has 1 spiro atoms. The van der Waals surface area contributed by atoms with Gasteiger partial charge >= 0.3 is 0 Å². The van der Waals surface area contributed by atoms with Gasteiger partial charge in [-0.1, -0.05) is 26.7 Å². The standard InChI is InChI=1S/C17H30N4/c1-13(2)16-10-18-17(7-5-6-8-17)12-21(16)11-15-9-14(3)19-20(15)4/h9,13,16,18H,5-8,10-12H2,1-4H3. The highest BCUT2D eigenvalue weighted by molar-refractivity contribution is 5.10. The van der Waals surface area contributed by atoms with Crippen molar-refractivity contribution >= 4 is 0 Å². The summed E-state index contributed by atoms with van der Waals surface area (Å²) >= 11 is 0. The number of rotatable bonds is 3. The first kappa shape index (κ1) is 15.0. The van der Waals surface area contributed by atoms with Gasteiger partial charge in [0, 0.05) is 38.3 Å². The van der Waals surface area contributed by atoms with Crippen LogP contribution in [0, 0.1) is 12.8 Å². The fraction of sp³-hybridized carbons (Fsp3) is 0.824. The van der Waals surface area contributed by atoms with Gasteiger partial charge in [0.2, 0.25) is 0 Å². The second-order valence-electron chi connectivity index (χ2n) is 7.49. The van der Waals surface area contributed by atoms with Crippen molar-refractivity contribution in [3.05, 3.63) is 17.5 Å². The molecule has 0 radical (unpaired) electrons. The predicted octanol–water partition coefficient (Wildman–Crippen LogP) is 2.47. The third-order valence-corrected chi connectivity index (χ3v) is 5.46. The van der Waals surface area contributed by atoms with E-state index in [0.29, 0.717) is 17.5 Å². The lowest BCUT2D eigenvalue weighted by molar-refractivity contribution is 0.0488. The summed E-state index contributed by atoms with van der Waals surface area (Å²) in [5, 5.41) is 8.41. The lowest BCUT2D eigenvalue weighted by Gasteiger charge is -2.48. The van der Waals surface area contributed by atoms with Gasteiger partial charge in [-0.25, -0.2) is 0 Å². The highest BCUT2D eigenvalue weighted by Gasteiger charge is 2.41. The Labute approximate surface area is 128 Å². The van der Waals surface area contributed by atoms with Crippen molar-refractivity contribution in [2.24, 2.45) is 13.0 Å². The van der Waals surface area contributed by atoms with Gasteiger partial charge in [0.15, 0.2) is 0 Å². The van der Waals surface area contributed by atoms with Gasteiger partial charge < -0.3 is 5.32 Å². The number of nitrogens with zero attached hydrogens (tertiary/aromatic N) is 3. The van der Waals surface area contributed by atoms with E-state index in [4.69, 9.17) is 0 Å². The van der Waals surface area contributed by atoms with Crippen LogP contribution in [-0.2, 0) is 13.6 Å². The number of hydrogen-bond donors (Lipinski definition) is 1. The zero-order valence-electron chi connectivity index (χ0n) is 14.0. The maximum absolute atomic E-state index is 4.51. The van der Waals surface area contributed by atoms with Gasteiger partial charge in [-0.15, -0.1) is 0 Å². The molecule has 0 amide bonds. The molecule has 0 aromatic carbocycles. The second kappa shape index (κ2) is 5.73. The summed E-state index contributed by atoms with van der Waals surface area (Å²) in [6, 6.07) is 2.87. The molecule has 1 aliphatic carbocycles. The SMILES string of the molecule is Cc1cc(CN2CC3(CCCC3)NCC2C(C)C)n(C)n1. The third kappa shape index (κ3) is 3.02. The molecule has 4 nitrogen and oxygen atoms in total. The van der Waals surface area contributed by atoms with Crippen LogP contribution in [0.5, 0.6) is 0 Å². The van der Waals surface area contributed by atoms with Crippen molar-refractivity contribution in [3.63, 3.8) is 0 Å². The fourth-order valence-corrected chi connectivity index (χ4v) is 4.25. The maximum atomic E-state index is 4.51. The second-order valence-corrected chi connectivity index (χ2v) is 7.49. The molecule has 2 fully saturated rings. The summed E-state index contributed by atoms with van der Waals surface area (Å²) in [7, 11) is 2.07. The lowest BCUT2D eigenvalue weighted by Crippen LogP contribution is -2.64. The summed E-state index contributed by atoms with van der Waals surface area (Å²) < 4.78 is 2.05. The number of piperazine rings is 1. The van der Waals surface area contributed by atoms with E-state index in [9.17, 15) is 0 Å². The topological polar surface area (TPSA) is 33.1 Å². The Morgan fingerprint density at radius 2 is 2.10 bits per heavy atom. The average Bonchev–Trinajstić information content (AvgIpc) is 2.97. The molecule has 4 heteroatoms. The summed E-state index contributed by atoms with van der Waals surface area (Å²) in [5.41, 5.74) is 2.85. The van der Waals surface area contributed by atoms with Crippen LogP contribution in [-0.4, -0.2) is 39.4 Å². The molecule has 1 saturated carbocycles. The van der Waals surface area contributed by atoms with Gasteiger partial charge in [0.1, 0.15) is 0 Å². The van der Waals surface area contributed by atoms with Gasteiger partial charge in [-0.3, -0.25) is 9.58 Å². The van der Waals surface area contributed by atoms with E-state index in [1.807, 2.05) is 0 Å². The summed E-state index contributed by atoms with van der Waals surface area (Å²) in [6.45, 7) is 10.1. The maximum Gasteiger partial charge on any atom is 0.0597 e. The summed E-state index contributed by atoms with van der Waals surface area (Å²) in [6.07, 6.45) is 5.47. The molecular weight excluding hydrogens is 260 g/mol. The van der Waals surface area contributed by atoms with Crippen molar-refractivity contribution in [1.29, 1.82) is 0 Å². The van der Waals surface area contributed by atoms with E-state index >= 15 is 0 Å². The molecule has 2 aliphatic rings. The minimum Gasteiger partial charge on any atom is -0.308 e. The van der Waals surface area contributed by atoms with Crippen LogP contribution in [0.4, 0.5) is 0 Å². The van der Waals surface area contributed by atoms with Gasteiger partial charge in [-0.05, 0) is 31.7 Å². The van der Waals surface area contributed by atoms with Crippen LogP contribution < -0.4 is 5.32 Å². The fourth-order valence-electron chi connectivity index (χ4n) is 4.25. The molecule has 21 heavy (non-hydrogen) atoms. The molecule has 1 aliphatic heterocycles. The van der Waals surface area contributed by atoms with E-state index in [1.54, 1.807) is 0 Å². The zero-order chi connectivity index (χ0) is 15.0. The molecule has 2 heterocycles. The molecule has 1 saturated heterocycles. The molecule has 1 aromatic rings. The average molecular weight is 290 g/mol. The number of aryl methyl sites for hydroxylation is 2. The molecule has 118 valence electrons. The van der Waals surface area contributed by atoms with E-state index in [-0.39, 0.29) is 0 Å². The molecule has 1 N–H and O–H groups in total. The molecule has 0 bridgehead atoms. The van der Waals surface area contributed by atoms with Crippen molar-refractivity contribution in [1.82, 2.24) is 20.0 Å². The van der Waals surface area contributed by atoms with Crippen molar-refractivity contribution in [2.45, 2.75) is 64.6 Å². The van der Waals surface area contributed by atoms with Crippen LogP contribution in [0.3, 0.4) is 0 Å². The smallest absolute Gasteiger partial charge is 0.0597 e. The third-order valence-electron chi connectivity index (χ3n) is 5.46. The van der Waals surface area contributed by atoms with E-state index in [1.165, 1.54) is 37.9 Å². The quantitative estimate of drug-likeness (QED) is 0.928. The van der Waals surface area contributed by atoms with Gasteiger partial charge in [0.05, 0.1) is 11.4 Å². The molecule has 1 aromatic heterocycles. The van der Waals surface area contributed by atoms with E-state index in [0.717, 1.165) is 18.8 Å². The van der Waals surface area contributed by atoms with Crippen LogP contribution in [0.2, 0.25) is 0 Å². The first-order valence-corrected chi connectivity index (χ1v) is 8.48. The van der Waals surface area contributed by atoms with E-state index < -0.39 is 0 Å². The molecule has 1 atom stereocenters. The predicted molar refractivity (Wildman–Crippen MR) is 86.2 cm³/mol. The molecular formula is C17H30N4. The minimum absolute atomic E-state index is 0.388. The van der Waals surface area contributed by atoms with E-state index in [2.05, 4.69) is 53.9 Å². The van der Waals surface area contributed by atoms with Crippen molar-refractivity contribution in [3.8, 4) is 0 Å². The Morgan fingerprint density at radius 1 is 1.38 bits per heavy atom. The Balaban J connectivity index is 1.78. The molecule has 1 unspecified atom stereocenters. The highest BCUT2D eigenvalue weighted by Crippen LogP contribution is 2.34. The Morgan fingerprint density at radius 3 is 2.67 bits per heavy atom. The highest BCUT2D eigenvalue weighted by atomic mass is 15.3. The normalized spacial score (nSPS) is 26.0. The van der Waals surface area contributed by atoms with Crippen LogP contribution in [0.25, 0.3) is 0 Å². The lowest BCUT2D eigenvalue weighted by atomic mass is 9.89. The summed E-state index contributed by atoms with van der Waals surface area (Å²) in [4.78, 5) is 2.71. The zero-order valence-corrected chi connectivity index (χ0v) is 14.0. The Bertz CT molecular complexity index is 485. The van der Waals surface area contributed by atoms with Crippen molar-refractivity contribution in [2.75, 3.05) is 13.1 Å². The van der Waals surface area contributed by atoms with Gasteiger partial charge in [-0.2, -0.15) is 5.10 Å². The van der Waals surface area contributed by atoms with Crippen molar-refractivity contribution < 1.29 is 0 Å². The monoisotopic (exact) mass is 290 g/mol. The Hall–Kier alpha value is -0.870. The van der Waals surface area contributed by atoms with Crippen LogP contribution >= 0.6 is 0 Å². The minimum atomic E-state index is 0.388. The van der Waals surface area contributed by atoms with Crippen LogP contribution in [0.15, 0.2) is 6.07 Å². The first-order valence-electron chi connectivity index (χ1n) is 8.48. The largest absolute Gasteiger partial charge is 0.308 e. The summed E-state index contributed by atoms with van der Waals surface area (Å²) in [5.74, 6) is 0.686.